The van der Waals surface area contributed by atoms with E-state index in [9.17, 15) is 0 Å². The first kappa shape index (κ1) is 14.8. The van der Waals surface area contributed by atoms with Gasteiger partial charge in [0, 0.05) is 5.25 Å². The molecule has 1 aliphatic heterocycles. The third kappa shape index (κ3) is 5.12. The Hall–Kier alpha value is -0.590. The SMILES string of the molecule is CCC(C)SCc1noc(COC2CCNCC2)n1. The maximum Gasteiger partial charge on any atom is 0.252 e. The van der Waals surface area contributed by atoms with Gasteiger partial charge in [-0.2, -0.15) is 16.7 Å². The van der Waals surface area contributed by atoms with E-state index in [1.807, 2.05) is 11.8 Å². The van der Waals surface area contributed by atoms with E-state index in [2.05, 4.69) is 29.3 Å². The minimum absolute atomic E-state index is 0.325. The van der Waals surface area contributed by atoms with Crippen molar-refractivity contribution in [2.45, 2.75) is 56.8 Å². The fourth-order valence-electron chi connectivity index (χ4n) is 1.89. The Bertz CT molecular complexity index is 367. The van der Waals surface area contributed by atoms with E-state index in [1.165, 1.54) is 0 Å². The summed E-state index contributed by atoms with van der Waals surface area (Å²) in [7, 11) is 0. The summed E-state index contributed by atoms with van der Waals surface area (Å²) in [6.07, 6.45) is 3.61. The quantitative estimate of drug-likeness (QED) is 0.830. The Kier molecular flexibility index (Phi) is 6.13. The third-order valence-electron chi connectivity index (χ3n) is 3.31. The van der Waals surface area contributed by atoms with Gasteiger partial charge in [-0.05, 0) is 32.4 Å². The number of hydrogen-bond acceptors (Lipinski definition) is 6. The lowest BCUT2D eigenvalue weighted by molar-refractivity contribution is 0.00859. The average molecular weight is 285 g/mol. The van der Waals surface area contributed by atoms with E-state index in [4.69, 9.17) is 9.26 Å². The van der Waals surface area contributed by atoms with Gasteiger partial charge < -0.3 is 14.6 Å². The molecular weight excluding hydrogens is 262 g/mol. The molecule has 1 N–H and O–H groups in total. The van der Waals surface area contributed by atoms with Crippen molar-refractivity contribution in [1.29, 1.82) is 0 Å². The maximum absolute atomic E-state index is 5.79. The van der Waals surface area contributed by atoms with Crippen molar-refractivity contribution in [3.8, 4) is 0 Å². The summed E-state index contributed by atoms with van der Waals surface area (Å²) in [6.45, 7) is 6.90. The molecule has 1 aliphatic rings. The van der Waals surface area contributed by atoms with Crippen molar-refractivity contribution in [1.82, 2.24) is 15.5 Å². The zero-order valence-electron chi connectivity index (χ0n) is 11.7. The van der Waals surface area contributed by atoms with Crippen LogP contribution in [0.25, 0.3) is 0 Å². The van der Waals surface area contributed by atoms with Gasteiger partial charge in [0.1, 0.15) is 6.61 Å². The molecule has 0 saturated carbocycles. The monoisotopic (exact) mass is 285 g/mol. The number of nitrogens with one attached hydrogen (secondary N) is 1. The largest absolute Gasteiger partial charge is 0.368 e. The zero-order chi connectivity index (χ0) is 13.5. The molecule has 1 aromatic heterocycles. The van der Waals surface area contributed by atoms with Gasteiger partial charge in [0.25, 0.3) is 5.89 Å². The summed E-state index contributed by atoms with van der Waals surface area (Å²) in [5.41, 5.74) is 0. The molecule has 6 heteroatoms. The standard InChI is InChI=1S/C13H23N3O2S/c1-3-10(2)19-9-12-15-13(18-16-12)8-17-11-4-6-14-7-5-11/h10-11,14H,3-9H2,1-2H3. The molecule has 0 aliphatic carbocycles. The number of rotatable bonds is 7. The first-order valence-corrected chi connectivity index (χ1v) is 8.08. The molecule has 19 heavy (non-hydrogen) atoms. The van der Waals surface area contributed by atoms with Crippen LogP contribution in [0.3, 0.4) is 0 Å². The van der Waals surface area contributed by atoms with Crippen LogP contribution < -0.4 is 5.32 Å². The summed E-state index contributed by atoms with van der Waals surface area (Å²) in [4.78, 5) is 4.36. The van der Waals surface area contributed by atoms with E-state index in [0.29, 0.717) is 23.9 Å². The number of piperidine rings is 1. The van der Waals surface area contributed by atoms with Gasteiger partial charge in [-0.15, -0.1) is 0 Å². The van der Waals surface area contributed by atoms with Crippen molar-refractivity contribution >= 4 is 11.8 Å². The van der Waals surface area contributed by atoms with Crippen LogP contribution in [0, 0.1) is 0 Å². The van der Waals surface area contributed by atoms with E-state index >= 15 is 0 Å². The molecular formula is C13H23N3O2S. The van der Waals surface area contributed by atoms with Crippen molar-refractivity contribution in [2.75, 3.05) is 13.1 Å². The van der Waals surface area contributed by atoms with Crippen molar-refractivity contribution < 1.29 is 9.26 Å². The highest BCUT2D eigenvalue weighted by atomic mass is 32.2. The van der Waals surface area contributed by atoms with Gasteiger partial charge >= 0.3 is 0 Å². The second-order valence-corrected chi connectivity index (χ2v) is 6.32. The van der Waals surface area contributed by atoms with Crippen LogP contribution in [0.15, 0.2) is 4.52 Å². The number of nitrogens with zero attached hydrogens (tertiary/aromatic N) is 2. The molecule has 0 bridgehead atoms. The highest BCUT2D eigenvalue weighted by Crippen LogP contribution is 2.18. The fraction of sp³-hybridized carbons (Fsp3) is 0.846. The molecule has 0 spiro atoms. The van der Waals surface area contributed by atoms with Crippen LogP contribution in [-0.4, -0.2) is 34.6 Å². The molecule has 0 amide bonds. The molecule has 1 atom stereocenters. The predicted molar refractivity (Wildman–Crippen MR) is 76.0 cm³/mol. The van der Waals surface area contributed by atoms with Crippen LogP contribution in [0.1, 0.15) is 44.8 Å². The number of ether oxygens (including phenoxy) is 1. The number of thioether (sulfide) groups is 1. The molecule has 2 rings (SSSR count). The summed E-state index contributed by atoms with van der Waals surface area (Å²) >= 11 is 1.85. The molecule has 1 aromatic rings. The first-order valence-electron chi connectivity index (χ1n) is 7.03. The van der Waals surface area contributed by atoms with Gasteiger partial charge in [0.05, 0.1) is 11.9 Å². The van der Waals surface area contributed by atoms with E-state index in [1.54, 1.807) is 0 Å². The normalized spacial score (nSPS) is 18.6. The Morgan fingerprint density at radius 2 is 2.26 bits per heavy atom. The van der Waals surface area contributed by atoms with Gasteiger partial charge in [0.15, 0.2) is 5.82 Å². The Balaban J connectivity index is 1.70. The number of aromatic nitrogens is 2. The maximum atomic E-state index is 5.79. The highest BCUT2D eigenvalue weighted by Gasteiger charge is 2.15. The summed E-state index contributed by atoms with van der Waals surface area (Å²) in [6, 6.07) is 0. The molecule has 1 fully saturated rings. The minimum Gasteiger partial charge on any atom is -0.368 e. The van der Waals surface area contributed by atoms with Crippen molar-refractivity contribution in [2.24, 2.45) is 0 Å². The smallest absolute Gasteiger partial charge is 0.252 e. The van der Waals surface area contributed by atoms with Crippen LogP contribution in [-0.2, 0) is 17.1 Å². The van der Waals surface area contributed by atoms with E-state index in [0.717, 1.165) is 43.9 Å². The van der Waals surface area contributed by atoms with Crippen LogP contribution in [0.4, 0.5) is 0 Å². The van der Waals surface area contributed by atoms with Gasteiger partial charge in [-0.3, -0.25) is 0 Å². The molecule has 2 heterocycles. The highest BCUT2D eigenvalue weighted by molar-refractivity contribution is 7.99. The lowest BCUT2D eigenvalue weighted by Crippen LogP contribution is -2.32. The summed E-state index contributed by atoms with van der Waals surface area (Å²) < 4.78 is 11.0. The molecule has 0 radical (unpaired) electrons. The molecule has 1 saturated heterocycles. The van der Waals surface area contributed by atoms with E-state index < -0.39 is 0 Å². The Labute approximate surface area is 118 Å². The molecule has 108 valence electrons. The minimum atomic E-state index is 0.325. The van der Waals surface area contributed by atoms with E-state index in [-0.39, 0.29) is 0 Å². The Morgan fingerprint density at radius 1 is 1.47 bits per heavy atom. The first-order chi connectivity index (χ1) is 9.28. The fourth-order valence-corrected chi connectivity index (χ4v) is 2.68. The topological polar surface area (TPSA) is 60.2 Å². The Morgan fingerprint density at radius 3 is 3.00 bits per heavy atom. The second kappa shape index (κ2) is 7.87. The molecule has 1 unspecified atom stereocenters. The van der Waals surface area contributed by atoms with Crippen molar-refractivity contribution in [3.63, 3.8) is 0 Å². The lowest BCUT2D eigenvalue weighted by atomic mass is 10.1. The van der Waals surface area contributed by atoms with Gasteiger partial charge in [-0.1, -0.05) is 19.0 Å². The summed E-state index contributed by atoms with van der Waals surface area (Å²) in [5, 5.41) is 7.93. The predicted octanol–water partition coefficient (Wildman–Crippen LogP) is 2.37. The van der Waals surface area contributed by atoms with Crippen LogP contribution >= 0.6 is 11.8 Å². The van der Waals surface area contributed by atoms with Crippen LogP contribution in [0.5, 0.6) is 0 Å². The number of hydrogen-bond donors (Lipinski definition) is 1. The molecule has 5 nitrogen and oxygen atoms in total. The average Bonchev–Trinajstić information content (AvgIpc) is 2.91. The zero-order valence-corrected chi connectivity index (χ0v) is 12.5. The second-order valence-electron chi connectivity index (χ2n) is 4.89. The lowest BCUT2D eigenvalue weighted by Gasteiger charge is -2.21. The van der Waals surface area contributed by atoms with Gasteiger partial charge in [0.2, 0.25) is 0 Å². The van der Waals surface area contributed by atoms with Crippen molar-refractivity contribution in [3.05, 3.63) is 11.7 Å². The van der Waals surface area contributed by atoms with Crippen LogP contribution in [0.2, 0.25) is 0 Å². The third-order valence-corrected chi connectivity index (χ3v) is 4.64. The van der Waals surface area contributed by atoms with Gasteiger partial charge in [-0.25, -0.2) is 0 Å². The summed E-state index contributed by atoms with van der Waals surface area (Å²) in [5.74, 6) is 2.18. The molecule has 0 aromatic carbocycles.